The number of aromatic nitrogens is 1. The van der Waals surface area contributed by atoms with Crippen LogP contribution in [-0.2, 0) is 20.7 Å². The number of esters is 1. The summed E-state index contributed by atoms with van der Waals surface area (Å²) in [6.07, 6.45) is 0.950. The molecule has 0 aliphatic heterocycles. The van der Waals surface area contributed by atoms with Crippen molar-refractivity contribution in [3.63, 3.8) is 0 Å². The second kappa shape index (κ2) is 8.77. The monoisotopic (exact) mass is 382 g/mol. The maximum atomic E-state index is 12.1. The van der Waals surface area contributed by atoms with E-state index in [9.17, 15) is 9.59 Å². The van der Waals surface area contributed by atoms with Gasteiger partial charge in [0.2, 0.25) is 0 Å². The number of carbonyl (C=O) groups excluding carboxylic acids is 2. The van der Waals surface area contributed by atoms with Crippen molar-refractivity contribution < 1.29 is 14.3 Å². The van der Waals surface area contributed by atoms with Crippen LogP contribution < -0.4 is 5.32 Å². The van der Waals surface area contributed by atoms with Crippen LogP contribution in [0.4, 0.5) is 5.69 Å². The minimum Gasteiger partial charge on any atom is -0.453 e. The fourth-order valence-electron chi connectivity index (χ4n) is 2.63. The van der Waals surface area contributed by atoms with Gasteiger partial charge in [-0.3, -0.25) is 9.59 Å². The molecule has 1 N–H and O–H groups in total. The molecule has 0 unspecified atom stereocenters. The van der Waals surface area contributed by atoms with E-state index in [2.05, 4.69) is 16.4 Å². The van der Waals surface area contributed by atoms with Crippen molar-refractivity contribution in [3.05, 3.63) is 59.1 Å². The SMILES string of the molecule is CCCC(=O)O[C@H](C)C(=O)Nc1ccc(Cc2nc3ccccc3s2)cc1. The molecule has 140 valence electrons. The van der Waals surface area contributed by atoms with E-state index in [1.54, 1.807) is 18.3 Å². The summed E-state index contributed by atoms with van der Waals surface area (Å²) in [5.41, 5.74) is 2.81. The normalized spacial score (nSPS) is 11.9. The van der Waals surface area contributed by atoms with Gasteiger partial charge in [-0.1, -0.05) is 31.2 Å². The van der Waals surface area contributed by atoms with Gasteiger partial charge in [0, 0.05) is 18.5 Å². The summed E-state index contributed by atoms with van der Waals surface area (Å²) < 4.78 is 6.28. The Balaban J connectivity index is 1.58. The number of anilines is 1. The Hall–Kier alpha value is -2.73. The number of nitrogens with zero attached hydrogens (tertiary/aromatic N) is 1. The molecule has 3 rings (SSSR count). The van der Waals surface area contributed by atoms with Crippen molar-refractivity contribution >= 4 is 39.1 Å². The summed E-state index contributed by atoms with van der Waals surface area (Å²) in [6, 6.07) is 15.7. The van der Waals surface area contributed by atoms with E-state index in [1.807, 2.05) is 49.4 Å². The van der Waals surface area contributed by atoms with Crippen molar-refractivity contribution in [2.75, 3.05) is 5.32 Å². The van der Waals surface area contributed by atoms with E-state index in [0.717, 1.165) is 22.5 Å². The van der Waals surface area contributed by atoms with Crippen LogP contribution in [-0.4, -0.2) is 23.0 Å². The molecule has 0 radical (unpaired) electrons. The Morgan fingerprint density at radius 3 is 2.59 bits per heavy atom. The maximum absolute atomic E-state index is 12.1. The van der Waals surface area contributed by atoms with Crippen molar-refractivity contribution in [1.82, 2.24) is 4.98 Å². The number of amides is 1. The topological polar surface area (TPSA) is 68.3 Å². The quantitative estimate of drug-likeness (QED) is 0.608. The van der Waals surface area contributed by atoms with Crippen LogP contribution in [0.1, 0.15) is 37.3 Å². The fourth-order valence-corrected chi connectivity index (χ4v) is 3.64. The molecular weight excluding hydrogens is 360 g/mol. The lowest BCUT2D eigenvalue weighted by Gasteiger charge is -2.13. The minimum absolute atomic E-state index is 0.318. The molecule has 0 saturated heterocycles. The molecule has 1 aromatic heterocycles. The lowest BCUT2D eigenvalue weighted by atomic mass is 10.1. The molecule has 1 heterocycles. The van der Waals surface area contributed by atoms with E-state index in [-0.39, 0.29) is 11.9 Å². The molecule has 0 aliphatic carbocycles. The third-order valence-electron chi connectivity index (χ3n) is 4.05. The molecule has 27 heavy (non-hydrogen) atoms. The minimum atomic E-state index is -0.813. The molecule has 0 bridgehead atoms. The van der Waals surface area contributed by atoms with Gasteiger partial charge in [-0.25, -0.2) is 4.98 Å². The van der Waals surface area contributed by atoms with Crippen LogP contribution in [0.5, 0.6) is 0 Å². The van der Waals surface area contributed by atoms with Gasteiger partial charge in [0.25, 0.3) is 5.91 Å². The predicted octanol–water partition coefficient (Wildman–Crippen LogP) is 4.56. The van der Waals surface area contributed by atoms with Crippen molar-refractivity contribution in [3.8, 4) is 0 Å². The average molecular weight is 382 g/mol. The van der Waals surface area contributed by atoms with Gasteiger partial charge in [-0.2, -0.15) is 0 Å². The zero-order valence-corrected chi connectivity index (χ0v) is 16.2. The van der Waals surface area contributed by atoms with Crippen LogP contribution in [0.3, 0.4) is 0 Å². The lowest BCUT2D eigenvalue weighted by Crippen LogP contribution is -2.29. The zero-order chi connectivity index (χ0) is 19.2. The van der Waals surface area contributed by atoms with Crippen molar-refractivity contribution in [2.45, 2.75) is 39.2 Å². The molecule has 0 spiro atoms. The summed E-state index contributed by atoms with van der Waals surface area (Å²) in [4.78, 5) is 28.3. The molecule has 6 heteroatoms. The van der Waals surface area contributed by atoms with Crippen LogP contribution in [0.25, 0.3) is 10.2 Å². The second-order valence-electron chi connectivity index (χ2n) is 6.32. The van der Waals surface area contributed by atoms with Gasteiger partial charge in [0.1, 0.15) is 0 Å². The Morgan fingerprint density at radius 1 is 1.15 bits per heavy atom. The summed E-state index contributed by atoms with van der Waals surface area (Å²) in [5, 5.41) is 3.83. The molecule has 1 amide bonds. The molecule has 0 fully saturated rings. The molecule has 2 aromatic carbocycles. The standard InChI is InChI=1S/C21H22N2O3S/c1-3-6-20(24)26-14(2)21(25)22-16-11-9-15(10-12-16)13-19-23-17-7-4-5-8-18(17)27-19/h4-5,7-12,14H,3,6,13H2,1-2H3,(H,22,25)/t14-/m1/s1. The highest BCUT2D eigenvalue weighted by Crippen LogP contribution is 2.24. The first-order valence-electron chi connectivity index (χ1n) is 8.99. The first-order valence-corrected chi connectivity index (χ1v) is 9.80. The Kier molecular flexibility index (Phi) is 6.19. The van der Waals surface area contributed by atoms with Crippen LogP contribution in [0, 0.1) is 0 Å². The van der Waals surface area contributed by atoms with Crippen molar-refractivity contribution in [1.29, 1.82) is 0 Å². The number of benzene rings is 2. The van der Waals surface area contributed by atoms with Gasteiger partial charge in [-0.05, 0) is 43.2 Å². The van der Waals surface area contributed by atoms with Gasteiger partial charge >= 0.3 is 5.97 Å². The number of thiazole rings is 1. The number of hydrogen-bond acceptors (Lipinski definition) is 5. The highest BCUT2D eigenvalue weighted by molar-refractivity contribution is 7.18. The number of rotatable bonds is 7. The summed E-state index contributed by atoms with van der Waals surface area (Å²) in [6.45, 7) is 3.46. The van der Waals surface area contributed by atoms with Gasteiger partial charge in [0.05, 0.1) is 15.2 Å². The maximum Gasteiger partial charge on any atom is 0.306 e. The highest BCUT2D eigenvalue weighted by atomic mass is 32.1. The third-order valence-corrected chi connectivity index (χ3v) is 5.08. The summed E-state index contributed by atoms with van der Waals surface area (Å²) >= 11 is 1.69. The average Bonchev–Trinajstić information content (AvgIpc) is 3.05. The van der Waals surface area contributed by atoms with E-state index in [1.165, 1.54) is 4.70 Å². The molecular formula is C21H22N2O3S. The number of carbonyl (C=O) groups is 2. The Labute approximate surface area is 162 Å². The Morgan fingerprint density at radius 2 is 1.89 bits per heavy atom. The first-order chi connectivity index (χ1) is 13.0. The number of fused-ring (bicyclic) bond motifs is 1. The second-order valence-corrected chi connectivity index (χ2v) is 7.44. The van der Waals surface area contributed by atoms with Gasteiger partial charge < -0.3 is 10.1 Å². The number of ether oxygens (including phenoxy) is 1. The molecule has 3 aromatic rings. The molecule has 0 saturated carbocycles. The van der Waals surface area contributed by atoms with E-state index in [4.69, 9.17) is 4.74 Å². The van der Waals surface area contributed by atoms with E-state index in [0.29, 0.717) is 18.5 Å². The van der Waals surface area contributed by atoms with Crippen molar-refractivity contribution in [2.24, 2.45) is 0 Å². The molecule has 0 aliphatic rings. The van der Waals surface area contributed by atoms with Gasteiger partial charge in [-0.15, -0.1) is 11.3 Å². The Bertz CT molecular complexity index is 901. The lowest BCUT2D eigenvalue weighted by molar-refractivity contribution is -0.153. The number of nitrogens with one attached hydrogen (secondary N) is 1. The van der Waals surface area contributed by atoms with Crippen LogP contribution >= 0.6 is 11.3 Å². The van der Waals surface area contributed by atoms with Gasteiger partial charge in [0.15, 0.2) is 6.10 Å². The number of hydrogen-bond donors (Lipinski definition) is 1. The van der Waals surface area contributed by atoms with E-state index < -0.39 is 6.10 Å². The van der Waals surface area contributed by atoms with Crippen LogP contribution in [0.15, 0.2) is 48.5 Å². The number of para-hydroxylation sites is 1. The fraction of sp³-hybridized carbons (Fsp3) is 0.286. The summed E-state index contributed by atoms with van der Waals surface area (Å²) in [7, 11) is 0. The molecule has 5 nitrogen and oxygen atoms in total. The van der Waals surface area contributed by atoms with Crippen LogP contribution in [0.2, 0.25) is 0 Å². The highest BCUT2D eigenvalue weighted by Gasteiger charge is 2.17. The van der Waals surface area contributed by atoms with E-state index >= 15 is 0 Å². The molecule has 1 atom stereocenters. The first kappa shape index (κ1) is 19.0. The third kappa shape index (κ3) is 5.14. The zero-order valence-electron chi connectivity index (χ0n) is 15.4. The smallest absolute Gasteiger partial charge is 0.306 e. The largest absolute Gasteiger partial charge is 0.453 e. The predicted molar refractivity (Wildman–Crippen MR) is 108 cm³/mol. The summed E-state index contributed by atoms with van der Waals surface area (Å²) in [5.74, 6) is -0.690.